The van der Waals surface area contributed by atoms with Gasteiger partial charge in [0.05, 0.1) is 16.6 Å². The maximum Gasteiger partial charge on any atom is 0.287 e. The Morgan fingerprint density at radius 3 is 2.48 bits per heavy atom. The quantitative estimate of drug-likeness (QED) is 0.499. The molecule has 2 aromatic carbocycles. The van der Waals surface area contributed by atoms with Gasteiger partial charge in [0.15, 0.2) is 0 Å². The van der Waals surface area contributed by atoms with Crippen LogP contribution >= 0.6 is 0 Å². The Balaban J connectivity index is 1.88. The fourth-order valence-corrected chi connectivity index (χ4v) is 1.88. The van der Waals surface area contributed by atoms with Crippen molar-refractivity contribution < 1.29 is 9.66 Å². The van der Waals surface area contributed by atoms with E-state index in [1.807, 2.05) is 6.07 Å². The van der Waals surface area contributed by atoms with Gasteiger partial charge in [-0.15, -0.1) is 0 Å². The van der Waals surface area contributed by atoms with E-state index in [0.29, 0.717) is 30.2 Å². The van der Waals surface area contributed by atoms with E-state index in [4.69, 9.17) is 15.3 Å². The molecule has 1 N–H and O–H groups in total. The highest BCUT2D eigenvalue weighted by molar-refractivity contribution is 5.58. The van der Waals surface area contributed by atoms with Gasteiger partial charge in [-0.2, -0.15) is 10.5 Å². The van der Waals surface area contributed by atoms with Crippen molar-refractivity contribution in [2.24, 2.45) is 0 Å². The molecule has 0 aliphatic rings. The monoisotopic (exact) mass is 308 g/mol. The Morgan fingerprint density at radius 1 is 1.13 bits per heavy atom. The molecule has 0 aliphatic carbocycles. The second kappa shape index (κ2) is 7.43. The van der Waals surface area contributed by atoms with Crippen LogP contribution in [-0.2, 0) is 0 Å². The number of nitriles is 2. The van der Waals surface area contributed by atoms with Gasteiger partial charge >= 0.3 is 0 Å². The topological polar surface area (TPSA) is 112 Å². The summed E-state index contributed by atoms with van der Waals surface area (Å²) >= 11 is 0. The van der Waals surface area contributed by atoms with Gasteiger partial charge in [-0.1, -0.05) is 0 Å². The van der Waals surface area contributed by atoms with Gasteiger partial charge in [-0.25, -0.2) is 0 Å². The van der Waals surface area contributed by atoms with E-state index in [9.17, 15) is 10.1 Å². The number of benzene rings is 2. The van der Waals surface area contributed by atoms with Crippen molar-refractivity contribution in [2.75, 3.05) is 18.5 Å². The predicted molar refractivity (Wildman–Crippen MR) is 83.0 cm³/mol. The third kappa shape index (κ3) is 4.19. The van der Waals surface area contributed by atoms with Crippen LogP contribution in [0.5, 0.6) is 5.75 Å². The highest BCUT2D eigenvalue weighted by atomic mass is 16.6. The van der Waals surface area contributed by atoms with E-state index in [2.05, 4.69) is 5.32 Å². The summed E-state index contributed by atoms with van der Waals surface area (Å²) in [5.41, 5.74) is 0.959. The van der Waals surface area contributed by atoms with Crippen LogP contribution in [0.3, 0.4) is 0 Å². The number of hydrogen-bond acceptors (Lipinski definition) is 6. The number of hydrogen-bond donors (Lipinski definition) is 1. The number of rotatable bonds is 6. The van der Waals surface area contributed by atoms with Crippen molar-refractivity contribution in [1.82, 2.24) is 0 Å². The molecule has 0 atom stereocenters. The largest absolute Gasteiger partial charge is 0.492 e. The molecule has 114 valence electrons. The summed E-state index contributed by atoms with van der Waals surface area (Å²) < 4.78 is 5.50. The van der Waals surface area contributed by atoms with E-state index >= 15 is 0 Å². The van der Waals surface area contributed by atoms with Crippen LogP contribution in [0.25, 0.3) is 0 Å². The predicted octanol–water partition coefficient (Wildman–Crippen LogP) is 2.83. The lowest BCUT2D eigenvalue weighted by atomic mass is 10.2. The lowest BCUT2D eigenvalue weighted by Crippen LogP contribution is -2.11. The minimum Gasteiger partial charge on any atom is -0.492 e. The standard InChI is InChI=1S/C16H12N4O3/c17-10-12-1-4-15(5-2-12)23-8-7-19-14-3-6-16(20(21)22)13(9-14)11-18/h1-6,9,19H,7-8H2. The van der Waals surface area contributed by atoms with E-state index in [1.54, 1.807) is 36.4 Å². The van der Waals surface area contributed by atoms with Crippen molar-refractivity contribution in [3.05, 3.63) is 63.7 Å². The van der Waals surface area contributed by atoms with Gasteiger partial charge < -0.3 is 10.1 Å². The molecule has 2 rings (SSSR count). The molecule has 7 heteroatoms. The van der Waals surface area contributed by atoms with Crippen LogP contribution in [0.1, 0.15) is 11.1 Å². The van der Waals surface area contributed by atoms with Gasteiger partial charge in [0, 0.05) is 18.3 Å². The van der Waals surface area contributed by atoms with Gasteiger partial charge in [0.25, 0.3) is 5.69 Å². The number of nitro benzene ring substituents is 1. The fourth-order valence-electron chi connectivity index (χ4n) is 1.88. The maximum atomic E-state index is 10.7. The molecule has 0 aliphatic heterocycles. The average molecular weight is 308 g/mol. The Bertz CT molecular complexity index is 788. The summed E-state index contributed by atoms with van der Waals surface area (Å²) in [6.07, 6.45) is 0. The Hall–Kier alpha value is -3.58. The molecule has 0 fully saturated rings. The molecule has 0 radical (unpaired) electrons. The van der Waals surface area contributed by atoms with Gasteiger partial charge in [-0.05, 0) is 36.4 Å². The second-order valence-corrected chi connectivity index (χ2v) is 4.51. The zero-order valence-electron chi connectivity index (χ0n) is 12.0. The summed E-state index contributed by atoms with van der Waals surface area (Å²) in [6.45, 7) is 0.827. The summed E-state index contributed by atoms with van der Waals surface area (Å²) in [7, 11) is 0. The molecule has 23 heavy (non-hydrogen) atoms. The molecule has 7 nitrogen and oxygen atoms in total. The van der Waals surface area contributed by atoms with Crippen LogP contribution in [0, 0.1) is 32.8 Å². The Kier molecular flexibility index (Phi) is 5.11. The first-order valence-corrected chi connectivity index (χ1v) is 6.69. The molecule has 0 spiro atoms. The zero-order valence-corrected chi connectivity index (χ0v) is 12.0. The molecule has 0 amide bonds. The van der Waals surface area contributed by atoms with E-state index < -0.39 is 4.92 Å². The molecule has 0 aromatic heterocycles. The zero-order chi connectivity index (χ0) is 16.7. The minimum absolute atomic E-state index is 0.00742. The van der Waals surface area contributed by atoms with Gasteiger partial charge in [0.2, 0.25) is 0 Å². The number of nitrogens with one attached hydrogen (secondary N) is 1. The first kappa shape index (κ1) is 15.8. The van der Waals surface area contributed by atoms with E-state index in [0.717, 1.165) is 0 Å². The summed E-state index contributed by atoms with van der Waals surface area (Å²) in [6, 6.07) is 14.8. The lowest BCUT2D eigenvalue weighted by Gasteiger charge is -2.09. The molecule has 2 aromatic rings. The van der Waals surface area contributed by atoms with Crippen LogP contribution in [0.15, 0.2) is 42.5 Å². The summed E-state index contributed by atoms with van der Waals surface area (Å²) in [5.74, 6) is 0.646. The number of nitro groups is 1. The summed E-state index contributed by atoms with van der Waals surface area (Å²) in [4.78, 5) is 10.2. The molecule has 0 saturated heterocycles. The molecular weight excluding hydrogens is 296 g/mol. The smallest absolute Gasteiger partial charge is 0.287 e. The SMILES string of the molecule is N#Cc1ccc(OCCNc2ccc([N+](=O)[O-])c(C#N)c2)cc1. The second-order valence-electron chi connectivity index (χ2n) is 4.51. The minimum atomic E-state index is -0.587. The normalized spacial score (nSPS) is 9.48. The fraction of sp³-hybridized carbons (Fsp3) is 0.125. The number of nitrogens with zero attached hydrogens (tertiary/aromatic N) is 3. The van der Waals surface area contributed by atoms with Crippen LogP contribution < -0.4 is 10.1 Å². The van der Waals surface area contributed by atoms with Crippen molar-refractivity contribution in [1.29, 1.82) is 10.5 Å². The van der Waals surface area contributed by atoms with Crippen LogP contribution in [-0.4, -0.2) is 18.1 Å². The highest BCUT2D eigenvalue weighted by Gasteiger charge is 2.13. The molecule has 0 bridgehead atoms. The maximum absolute atomic E-state index is 10.7. The Morgan fingerprint density at radius 2 is 1.87 bits per heavy atom. The number of anilines is 1. The molecule has 0 unspecified atom stereocenters. The summed E-state index contributed by atoms with van der Waals surface area (Å²) in [5, 5.41) is 31.4. The van der Waals surface area contributed by atoms with E-state index in [-0.39, 0.29) is 11.3 Å². The van der Waals surface area contributed by atoms with Gasteiger partial charge in [0.1, 0.15) is 24.0 Å². The van der Waals surface area contributed by atoms with Crippen molar-refractivity contribution in [2.45, 2.75) is 0 Å². The highest BCUT2D eigenvalue weighted by Crippen LogP contribution is 2.21. The third-order valence-corrected chi connectivity index (χ3v) is 3.00. The Labute approximate surface area is 132 Å². The van der Waals surface area contributed by atoms with Gasteiger partial charge in [-0.3, -0.25) is 10.1 Å². The van der Waals surface area contributed by atoms with Crippen molar-refractivity contribution >= 4 is 11.4 Å². The molecule has 0 saturated carbocycles. The average Bonchev–Trinajstić information content (AvgIpc) is 2.58. The lowest BCUT2D eigenvalue weighted by molar-refractivity contribution is -0.385. The van der Waals surface area contributed by atoms with Crippen LogP contribution in [0.4, 0.5) is 11.4 Å². The first-order chi connectivity index (χ1) is 11.1. The number of ether oxygens (including phenoxy) is 1. The first-order valence-electron chi connectivity index (χ1n) is 6.69. The van der Waals surface area contributed by atoms with Crippen molar-refractivity contribution in [3.63, 3.8) is 0 Å². The third-order valence-electron chi connectivity index (χ3n) is 3.00. The van der Waals surface area contributed by atoms with Crippen molar-refractivity contribution in [3.8, 4) is 17.9 Å². The van der Waals surface area contributed by atoms with Crippen LogP contribution in [0.2, 0.25) is 0 Å². The molecule has 0 heterocycles. The van der Waals surface area contributed by atoms with E-state index in [1.165, 1.54) is 12.1 Å². The molecular formula is C16H12N4O3.